The summed E-state index contributed by atoms with van der Waals surface area (Å²) < 4.78 is 43.6. The zero-order valence-corrected chi connectivity index (χ0v) is 12.5. The number of nitrogens with two attached hydrogens (primary N) is 1. The van der Waals surface area contributed by atoms with E-state index in [1.165, 1.54) is 11.0 Å². The molecule has 0 aliphatic rings. The topological polar surface area (TPSA) is 67.6 Å². The minimum atomic E-state index is -4.48. The predicted octanol–water partition coefficient (Wildman–Crippen LogP) is 2.92. The molecule has 0 spiro atoms. The largest absolute Gasteiger partial charge is 0.491 e. The van der Waals surface area contributed by atoms with E-state index >= 15 is 0 Å². The number of urea groups is 1. The Hall–Kier alpha value is -1.96. The second-order valence-electron chi connectivity index (χ2n) is 4.64. The summed E-state index contributed by atoms with van der Waals surface area (Å²) in [5.74, 6) is -0.0267. The SMILES string of the molecule is CCN(C)C(=O)Nc1ccc(C(F)(F)F)cc1OCCCN. The van der Waals surface area contributed by atoms with Gasteiger partial charge in [-0.15, -0.1) is 0 Å². The number of benzene rings is 1. The van der Waals surface area contributed by atoms with Crippen LogP contribution in [0, 0.1) is 0 Å². The van der Waals surface area contributed by atoms with Crippen LogP contribution in [0.4, 0.5) is 23.7 Å². The number of carbonyl (C=O) groups excluding carboxylic acids is 1. The lowest BCUT2D eigenvalue weighted by molar-refractivity contribution is -0.137. The number of carbonyl (C=O) groups is 1. The lowest BCUT2D eigenvalue weighted by atomic mass is 10.2. The first-order chi connectivity index (χ1) is 10.3. The van der Waals surface area contributed by atoms with Gasteiger partial charge in [-0.3, -0.25) is 0 Å². The number of hydrogen-bond acceptors (Lipinski definition) is 3. The third-order valence-electron chi connectivity index (χ3n) is 2.98. The highest BCUT2D eigenvalue weighted by atomic mass is 19.4. The van der Waals surface area contributed by atoms with Gasteiger partial charge in [-0.1, -0.05) is 0 Å². The monoisotopic (exact) mass is 319 g/mol. The molecule has 1 rings (SSSR count). The highest BCUT2D eigenvalue weighted by molar-refractivity contribution is 5.90. The molecule has 1 aromatic rings. The van der Waals surface area contributed by atoms with Gasteiger partial charge in [0.15, 0.2) is 0 Å². The Labute approximate surface area is 127 Å². The molecular formula is C14H20F3N3O2. The Morgan fingerprint density at radius 1 is 1.41 bits per heavy atom. The second-order valence-corrected chi connectivity index (χ2v) is 4.64. The maximum absolute atomic E-state index is 12.8. The quantitative estimate of drug-likeness (QED) is 0.792. The van der Waals surface area contributed by atoms with E-state index in [2.05, 4.69) is 5.32 Å². The van der Waals surface area contributed by atoms with E-state index in [0.29, 0.717) is 19.5 Å². The van der Waals surface area contributed by atoms with Crippen LogP contribution in [0.5, 0.6) is 5.75 Å². The number of amides is 2. The van der Waals surface area contributed by atoms with E-state index in [-0.39, 0.29) is 18.0 Å². The maximum Gasteiger partial charge on any atom is 0.416 e. The number of ether oxygens (including phenoxy) is 1. The molecule has 0 aromatic heterocycles. The highest BCUT2D eigenvalue weighted by Crippen LogP contribution is 2.35. The average Bonchev–Trinajstić information content (AvgIpc) is 2.46. The number of hydrogen-bond donors (Lipinski definition) is 2. The summed E-state index contributed by atoms with van der Waals surface area (Å²) in [6.45, 7) is 2.78. The van der Waals surface area contributed by atoms with Crippen LogP contribution in [0.25, 0.3) is 0 Å². The summed E-state index contributed by atoms with van der Waals surface area (Å²) in [6, 6.07) is 2.53. The molecule has 1 aromatic carbocycles. The predicted molar refractivity (Wildman–Crippen MR) is 77.9 cm³/mol. The van der Waals surface area contributed by atoms with Gasteiger partial charge in [-0.25, -0.2) is 4.79 Å². The molecule has 8 heteroatoms. The summed E-state index contributed by atoms with van der Waals surface area (Å²) in [7, 11) is 1.58. The van der Waals surface area contributed by atoms with Crippen LogP contribution in [-0.4, -0.2) is 37.7 Å². The second kappa shape index (κ2) is 7.88. The van der Waals surface area contributed by atoms with Gasteiger partial charge >= 0.3 is 12.2 Å². The van der Waals surface area contributed by atoms with E-state index in [1.807, 2.05) is 0 Å². The third kappa shape index (κ3) is 5.10. The standard InChI is InChI=1S/C14H20F3N3O2/c1-3-20(2)13(21)19-11-6-5-10(14(15,16)17)9-12(11)22-8-4-7-18/h5-6,9H,3-4,7-8,18H2,1-2H3,(H,19,21). The summed E-state index contributed by atoms with van der Waals surface area (Å²) in [6.07, 6.45) is -3.98. The highest BCUT2D eigenvalue weighted by Gasteiger charge is 2.31. The van der Waals surface area contributed by atoms with Crippen molar-refractivity contribution >= 4 is 11.7 Å². The van der Waals surface area contributed by atoms with Gasteiger partial charge in [0.2, 0.25) is 0 Å². The lowest BCUT2D eigenvalue weighted by Crippen LogP contribution is -2.31. The van der Waals surface area contributed by atoms with Crippen molar-refractivity contribution in [3.05, 3.63) is 23.8 Å². The molecule has 3 N–H and O–H groups in total. The summed E-state index contributed by atoms with van der Waals surface area (Å²) >= 11 is 0. The van der Waals surface area contributed by atoms with Crippen molar-refractivity contribution in [3.63, 3.8) is 0 Å². The van der Waals surface area contributed by atoms with Crippen LogP contribution in [0.15, 0.2) is 18.2 Å². The molecule has 5 nitrogen and oxygen atoms in total. The number of nitrogens with zero attached hydrogens (tertiary/aromatic N) is 1. The van der Waals surface area contributed by atoms with Crippen LogP contribution >= 0.6 is 0 Å². The number of alkyl halides is 3. The molecule has 0 saturated heterocycles. The van der Waals surface area contributed by atoms with Gasteiger partial charge in [-0.05, 0) is 38.1 Å². The average molecular weight is 319 g/mol. The number of nitrogens with one attached hydrogen (secondary N) is 1. The molecule has 0 heterocycles. The Morgan fingerprint density at radius 3 is 2.64 bits per heavy atom. The van der Waals surface area contributed by atoms with Crippen molar-refractivity contribution in [1.29, 1.82) is 0 Å². The summed E-state index contributed by atoms with van der Waals surface area (Å²) in [5, 5.41) is 2.53. The molecule has 0 aliphatic carbocycles. The molecule has 0 atom stereocenters. The van der Waals surface area contributed by atoms with Gasteiger partial charge in [-0.2, -0.15) is 13.2 Å². The van der Waals surface area contributed by atoms with Crippen molar-refractivity contribution in [2.75, 3.05) is 32.1 Å². The van der Waals surface area contributed by atoms with Crippen LogP contribution in [0.2, 0.25) is 0 Å². The Morgan fingerprint density at radius 2 is 2.09 bits per heavy atom. The van der Waals surface area contributed by atoms with Crippen LogP contribution < -0.4 is 15.8 Å². The zero-order valence-electron chi connectivity index (χ0n) is 12.5. The van der Waals surface area contributed by atoms with E-state index in [1.54, 1.807) is 14.0 Å². The lowest BCUT2D eigenvalue weighted by Gasteiger charge is -2.19. The molecule has 0 fully saturated rings. The van der Waals surface area contributed by atoms with Crippen LogP contribution in [-0.2, 0) is 6.18 Å². The third-order valence-corrected chi connectivity index (χ3v) is 2.98. The molecule has 0 saturated carbocycles. The van der Waals surface area contributed by atoms with Crippen molar-refractivity contribution in [1.82, 2.24) is 4.90 Å². The normalized spacial score (nSPS) is 11.2. The van der Waals surface area contributed by atoms with Gasteiger partial charge in [0.25, 0.3) is 0 Å². The molecule has 0 bridgehead atoms. The Bertz CT molecular complexity index is 507. The molecule has 2 amide bonds. The van der Waals surface area contributed by atoms with Gasteiger partial charge in [0.05, 0.1) is 17.9 Å². The van der Waals surface area contributed by atoms with E-state index in [0.717, 1.165) is 12.1 Å². The van der Waals surface area contributed by atoms with E-state index < -0.39 is 17.8 Å². The van der Waals surface area contributed by atoms with Crippen molar-refractivity contribution < 1.29 is 22.7 Å². The van der Waals surface area contributed by atoms with Crippen molar-refractivity contribution in [2.45, 2.75) is 19.5 Å². The summed E-state index contributed by atoms with van der Waals surface area (Å²) in [4.78, 5) is 13.2. The summed E-state index contributed by atoms with van der Waals surface area (Å²) in [5.41, 5.74) is 4.69. The number of anilines is 1. The van der Waals surface area contributed by atoms with Gasteiger partial charge in [0, 0.05) is 13.6 Å². The molecular weight excluding hydrogens is 299 g/mol. The van der Waals surface area contributed by atoms with Gasteiger partial charge < -0.3 is 20.7 Å². The fourth-order valence-electron chi connectivity index (χ4n) is 1.54. The zero-order chi connectivity index (χ0) is 16.8. The first kappa shape index (κ1) is 18.1. The maximum atomic E-state index is 12.8. The molecule has 0 radical (unpaired) electrons. The van der Waals surface area contributed by atoms with Crippen LogP contribution in [0.3, 0.4) is 0 Å². The minimum Gasteiger partial charge on any atom is -0.491 e. The Balaban J connectivity index is 3.01. The molecule has 0 aliphatic heterocycles. The fourth-order valence-corrected chi connectivity index (χ4v) is 1.54. The first-order valence-electron chi connectivity index (χ1n) is 6.85. The fraction of sp³-hybridized carbons (Fsp3) is 0.500. The molecule has 22 heavy (non-hydrogen) atoms. The smallest absolute Gasteiger partial charge is 0.416 e. The number of rotatable bonds is 6. The number of halogens is 3. The van der Waals surface area contributed by atoms with Crippen molar-refractivity contribution in [3.8, 4) is 5.75 Å². The van der Waals surface area contributed by atoms with Crippen molar-refractivity contribution in [2.24, 2.45) is 5.73 Å². The Kier molecular flexibility index (Phi) is 6.48. The van der Waals surface area contributed by atoms with E-state index in [4.69, 9.17) is 10.5 Å². The van der Waals surface area contributed by atoms with Crippen LogP contribution in [0.1, 0.15) is 18.9 Å². The minimum absolute atomic E-state index is 0.0267. The van der Waals surface area contributed by atoms with E-state index in [9.17, 15) is 18.0 Å². The molecule has 0 unspecified atom stereocenters. The first-order valence-corrected chi connectivity index (χ1v) is 6.85. The van der Waals surface area contributed by atoms with Gasteiger partial charge in [0.1, 0.15) is 5.75 Å². The molecule has 124 valence electrons.